The normalized spacial score (nSPS) is 13.2. The van der Waals surface area contributed by atoms with Gasteiger partial charge >= 0.3 is 0 Å². The van der Waals surface area contributed by atoms with Crippen molar-refractivity contribution in [3.8, 4) is 0 Å². The van der Waals surface area contributed by atoms with E-state index in [1.807, 2.05) is 12.1 Å². The van der Waals surface area contributed by atoms with E-state index in [2.05, 4.69) is 110 Å². The fourth-order valence-corrected chi connectivity index (χ4v) is 5.82. The molecule has 0 saturated carbocycles. The van der Waals surface area contributed by atoms with E-state index in [0.29, 0.717) is 0 Å². The van der Waals surface area contributed by atoms with Gasteiger partial charge in [0.05, 0.1) is 0 Å². The molecule has 0 radical (unpaired) electrons. The lowest BCUT2D eigenvalue weighted by Gasteiger charge is -2.11. The van der Waals surface area contributed by atoms with E-state index in [0.717, 1.165) is 59.8 Å². The first-order valence-corrected chi connectivity index (χ1v) is 12.0. The van der Waals surface area contributed by atoms with E-state index in [1.54, 1.807) is 0 Å². The number of Topliss-reactive ketones (excluding diaryl/α,β-unsaturated/α-hetero) is 1. The third kappa shape index (κ3) is 2.79. The van der Waals surface area contributed by atoms with Crippen LogP contribution in [0.2, 0.25) is 0 Å². The lowest BCUT2D eigenvalue weighted by atomic mass is 9.91. The van der Waals surface area contributed by atoms with Crippen LogP contribution in [0.15, 0.2) is 115 Å². The average molecular weight is 447 g/mol. The summed E-state index contributed by atoms with van der Waals surface area (Å²) in [5.74, 6) is 0.104. The molecule has 0 unspecified atom stereocenters. The molecule has 164 valence electrons. The number of hydrogen-bond donors (Lipinski definition) is 0. The van der Waals surface area contributed by atoms with E-state index in [4.69, 9.17) is 0 Å². The van der Waals surface area contributed by atoms with Crippen LogP contribution in [-0.2, 0) is 4.79 Å². The van der Waals surface area contributed by atoms with Crippen LogP contribution in [0.5, 0.6) is 0 Å². The molecular weight excluding hydrogens is 424 g/mol. The minimum Gasteiger partial charge on any atom is -0.289 e. The molecule has 0 atom stereocenters. The van der Waals surface area contributed by atoms with Gasteiger partial charge < -0.3 is 0 Å². The molecule has 0 bridgehead atoms. The highest BCUT2D eigenvalue weighted by atomic mass is 16.1. The van der Waals surface area contributed by atoms with Crippen molar-refractivity contribution in [1.29, 1.82) is 0 Å². The van der Waals surface area contributed by atoms with Crippen molar-refractivity contribution in [3.05, 3.63) is 142 Å². The van der Waals surface area contributed by atoms with Gasteiger partial charge in [-0.25, -0.2) is 0 Å². The molecule has 0 aromatic heterocycles. The summed E-state index contributed by atoms with van der Waals surface area (Å²) in [6.07, 6.45) is 0. The smallest absolute Gasteiger partial charge is 0.195 e. The Balaban J connectivity index is 1.82. The highest BCUT2D eigenvalue weighted by Crippen LogP contribution is 2.33. The van der Waals surface area contributed by atoms with Crippen LogP contribution >= 0.6 is 0 Å². The van der Waals surface area contributed by atoms with Gasteiger partial charge in [0.25, 0.3) is 0 Å². The van der Waals surface area contributed by atoms with Crippen molar-refractivity contribution >= 4 is 49.2 Å². The van der Waals surface area contributed by atoms with Gasteiger partial charge in [0.2, 0.25) is 0 Å². The number of fused-ring (bicyclic) bond motifs is 7. The predicted molar refractivity (Wildman–Crippen MR) is 146 cm³/mol. The highest BCUT2D eigenvalue weighted by Gasteiger charge is 2.30. The molecule has 1 heteroatoms. The van der Waals surface area contributed by atoms with Crippen LogP contribution in [0.1, 0.15) is 16.7 Å². The molecule has 0 saturated heterocycles. The van der Waals surface area contributed by atoms with Gasteiger partial charge in [0.1, 0.15) is 0 Å². The van der Waals surface area contributed by atoms with E-state index in [-0.39, 0.29) is 5.78 Å². The minimum absolute atomic E-state index is 0.104. The van der Waals surface area contributed by atoms with Gasteiger partial charge in [0, 0.05) is 21.6 Å². The number of carbonyl (C=O) groups is 1. The monoisotopic (exact) mass is 446 g/mol. The van der Waals surface area contributed by atoms with E-state index >= 15 is 0 Å². The Labute approximate surface area is 203 Å². The summed E-state index contributed by atoms with van der Waals surface area (Å²) in [7, 11) is 0. The Hall–Kier alpha value is -4.49. The first kappa shape index (κ1) is 19.9. The number of aryl methyl sites for hydroxylation is 1. The third-order valence-corrected chi connectivity index (χ3v) is 7.36. The van der Waals surface area contributed by atoms with Crippen molar-refractivity contribution in [2.24, 2.45) is 0 Å². The van der Waals surface area contributed by atoms with Gasteiger partial charge in [-0.3, -0.25) is 4.79 Å². The second-order valence-electron chi connectivity index (χ2n) is 9.26. The molecule has 0 spiro atoms. The summed E-state index contributed by atoms with van der Waals surface area (Å²) < 4.78 is 0. The fourth-order valence-electron chi connectivity index (χ4n) is 5.82. The summed E-state index contributed by atoms with van der Waals surface area (Å²) in [5.41, 5.74) is 4.73. The third-order valence-electron chi connectivity index (χ3n) is 7.36. The molecule has 0 heterocycles. The summed E-state index contributed by atoms with van der Waals surface area (Å²) in [4.78, 5) is 14.6. The molecule has 6 aromatic rings. The average Bonchev–Trinajstić information content (AvgIpc) is 3.21. The van der Waals surface area contributed by atoms with Crippen LogP contribution in [0.25, 0.3) is 43.5 Å². The van der Waals surface area contributed by atoms with Gasteiger partial charge in [-0.15, -0.1) is 0 Å². The number of rotatable bonds is 2. The van der Waals surface area contributed by atoms with Crippen LogP contribution in [0, 0.1) is 6.92 Å². The van der Waals surface area contributed by atoms with Crippen LogP contribution in [0.4, 0.5) is 0 Å². The first-order valence-electron chi connectivity index (χ1n) is 12.0. The van der Waals surface area contributed by atoms with Crippen molar-refractivity contribution < 1.29 is 4.79 Å². The molecule has 0 amide bonds. The lowest BCUT2D eigenvalue weighted by molar-refractivity contribution is -0.108. The Bertz CT molecular complexity index is 1970. The molecular formula is C34H22O. The van der Waals surface area contributed by atoms with Gasteiger partial charge in [-0.05, 0) is 55.9 Å². The molecule has 7 rings (SSSR count). The Morgan fingerprint density at radius 1 is 0.429 bits per heavy atom. The number of benzene rings is 6. The summed E-state index contributed by atoms with van der Waals surface area (Å²) in [6, 6.07) is 39.9. The maximum Gasteiger partial charge on any atom is 0.195 e. The first-order chi connectivity index (χ1) is 17.2. The van der Waals surface area contributed by atoms with E-state index in [1.165, 1.54) is 10.8 Å². The number of hydrogen-bond acceptors (Lipinski definition) is 1. The van der Waals surface area contributed by atoms with Crippen molar-refractivity contribution in [2.75, 3.05) is 0 Å². The van der Waals surface area contributed by atoms with Crippen LogP contribution in [0.3, 0.4) is 0 Å². The van der Waals surface area contributed by atoms with Gasteiger partial charge in [-0.2, -0.15) is 0 Å². The Morgan fingerprint density at radius 2 is 0.886 bits per heavy atom. The molecule has 1 aliphatic rings. The minimum atomic E-state index is 0.104. The Kier molecular flexibility index (Phi) is 4.28. The molecule has 1 aliphatic carbocycles. The zero-order valence-electron chi connectivity index (χ0n) is 19.4. The highest BCUT2D eigenvalue weighted by molar-refractivity contribution is 6.46. The van der Waals surface area contributed by atoms with E-state index in [9.17, 15) is 4.79 Å². The quantitative estimate of drug-likeness (QED) is 0.280. The topological polar surface area (TPSA) is 17.1 Å². The van der Waals surface area contributed by atoms with Gasteiger partial charge in [0.15, 0.2) is 5.78 Å². The zero-order valence-corrected chi connectivity index (χ0v) is 19.4. The van der Waals surface area contributed by atoms with Crippen molar-refractivity contribution in [1.82, 2.24) is 0 Å². The van der Waals surface area contributed by atoms with Crippen molar-refractivity contribution in [2.45, 2.75) is 6.92 Å². The molecule has 1 nitrogen and oxygen atoms in total. The molecule has 35 heavy (non-hydrogen) atoms. The molecule has 0 N–H and O–H groups in total. The maximum absolute atomic E-state index is 14.6. The summed E-state index contributed by atoms with van der Waals surface area (Å²) in [6.45, 7) is 2.09. The number of carbonyl (C=O) groups excluding carboxylic acids is 1. The summed E-state index contributed by atoms with van der Waals surface area (Å²) >= 11 is 0. The molecule has 6 aromatic carbocycles. The standard InChI is InChI=1S/C34H22O/c1-21-11-2-4-14-23(21)32-30-28-18-8-6-16-25(28)26-17-7-9-19-29(26)31(30)33(34(32)35)27-20-10-13-22-12-3-5-15-24(22)27/h2-20H,1H3. The Morgan fingerprint density at radius 3 is 1.54 bits per heavy atom. The van der Waals surface area contributed by atoms with Crippen LogP contribution in [-0.4, -0.2) is 5.78 Å². The number of ketones is 1. The van der Waals surface area contributed by atoms with E-state index < -0.39 is 0 Å². The largest absolute Gasteiger partial charge is 0.289 e. The van der Waals surface area contributed by atoms with Gasteiger partial charge in [-0.1, -0.05) is 115 Å². The fraction of sp³-hybridized carbons (Fsp3) is 0.0294. The zero-order chi connectivity index (χ0) is 23.5. The molecule has 0 fully saturated rings. The molecule has 0 aliphatic heterocycles. The predicted octanol–water partition coefficient (Wildman–Crippen LogP) is 6.44. The van der Waals surface area contributed by atoms with Crippen LogP contribution < -0.4 is 10.4 Å². The summed E-state index contributed by atoms with van der Waals surface area (Å²) in [5, 5.41) is 8.97. The van der Waals surface area contributed by atoms with Crippen molar-refractivity contribution in [3.63, 3.8) is 0 Å². The maximum atomic E-state index is 14.6. The SMILES string of the molecule is Cc1ccccc1C1=c2c(c3ccccc3c3ccccc23)=C(c2cccc3ccccc23)C1=O. The second kappa shape index (κ2) is 7.51. The second-order valence-corrected chi connectivity index (χ2v) is 9.26. The lowest BCUT2D eigenvalue weighted by Crippen LogP contribution is -2.27.